The van der Waals surface area contributed by atoms with Gasteiger partial charge in [-0.15, -0.1) is 0 Å². The maximum Gasteiger partial charge on any atom is 0.0631 e. The Kier molecular flexibility index (Phi) is 4.57. The zero-order valence-electron chi connectivity index (χ0n) is 15.4. The molecule has 130 valence electrons. The Hall–Kier alpha value is -2.87. The van der Waals surface area contributed by atoms with E-state index in [2.05, 4.69) is 96.5 Å². The van der Waals surface area contributed by atoms with Crippen LogP contribution in [-0.2, 0) is 13.1 Å². The summed E-state index contributed by atoms with van der Waals surface area (Å²) >= 11 is 0. The van der Waals surface area contributed by atoms with Crippen molar-refractivity contribution in [3.05, 3.63) is 95.1 Å². The van der Waals surface area contributed by atoms with E-state index in [9.17, 15) is 0 Å². The van der Waals surface area contributed by atoms with Crippen molar-refractivity contribution >= 4 is 17.6 Å². The number of aliphatic imine (C=N–C) groups is 1. The van der Waals surface area contributed by atoms with Crippen molar-refractivity contribution in [2.75, 3.05) is 4.90 Å². The standard InChI is InChI=1S/C24H24N2/c1-18(2)20-9-7-19(8-10-20)15-25-23-11-13-24(14-12-23)26-16-21-5-3-4-6-22(21)17-26/h3-15,18H,16-17H2,1-2H3. The first-order valence-electron chi connectivity index (χ1n) is 9.25. The summed E-state index contributed by atoms with van der Waals surface area (Å²) in [7, 11) is 0. The molecule has 0 aromatic heterocycles. The van der Waals surface area contributed by atoms with E-state index in [1.54, 1.807) is 0 Å². The molecule has 2 heteroatoms. The third kappa shape index (κ3) is 3.55. The van der Waals surface area contributed by atoms with Crippen LogP contribution in [0, 0.1) is 0 Å². The summed E-state index contributed by atoms with van der Waals surface area (Å²) in [5, 5.41) is 0. The van der Waals surface area contributed by atoms with Gasteiger partial charge >= 0.3 is 0 Å². The number of anilines is 1. The van der Waals surface area contributed by atoms with Gasteiger partial charge in [-0.25, -0.2) is 0 Å². The van der Waals surface area contributed by atoms with Crippen molar-refractivity contribution in [3.8, 4) is 0 Å². The normalized spacial score (nSPS) is 13.6. The van der Waals surface area contributed by atoms with Gasteiger partial charge in [0.05, 0.1) is 5.69 Å². The molecule has 0 radical (unpaired) electrons. The molecule has 3 aromatic carbocycles. The summed E-state index contributed by atoms with van der Waals surface area (Å²) in [5.41, 5.74) is 7.59. The van der Waals surface area contributed by atoms with Gasteiger partial charge in [-0.1, -0.05) is 62.4 Å². The minimum Gasteiger partial charge on any atom is -0.363 e. The van der Waals surface area contributed by atoms with Crippen LogP contribution >= 0.6 is 0 Å². The number of nitrogens with zero attached hydrogens (tertiary/aromatic N) is 2. The van der Waals surface area contributed by atoms with Gasteiger partial charge in [-0.3, -0.25) is 4.99 Å². The molecule has 1 heterocycles. The Morgan fingerprint density at radius 1 is 0.808 bits per heavy atom. The van der Waals surface area contributed by atoms with E-state index in [1.165, 1.54) is 22.4 Å². The lowest BCUT2D eigenvalue weighted by molar-refractivity contribution is 0.866. The molecule has 0 N–H and O–H groups in total. The van der Waals surface area contributed by atoms with Crippen molar-refractivity contribution < 1.29 is 0 Å². The Morgan fingerprint density at radius 3 is 2.00 bits per heavy atom. The molecular weight excluding hydrogens is 316 g/mol. The number of hydrogen-bond donors (Lipinski definition) is 0. The Morgan fingerprint density at radius 2 is 1.42 bits per heavy atom. The molecule has 0 fully saturated rings. The number of fused-ring (bicyclic) bond motifs is 1. The first-order valence-corrected chi connectivity index (χ1v) is 9.25. The molecule has 1 aliphatic heterocycles. The van der Waals surface area contributed by atoms with Gasteiger partial charge in [0.1, 0.15) is 0 Å². The molecule has 0 bridgehead atoms. The summed E-state index contributed by atoms with van der Waals surface area (Å²) in [6.07, 6.45) is 1.94. The van der Waals surface area contributed by atoms with E-state index in [0.29, 0.717) is 5.92 Å². The fourth-order valence-electron chi connectivity index (χ4n) is 3.38. The summed E-state index contributed by atoms with van der Waals surface area (Å²) in [6.45, 7) is 6.40. The second-order valence-corrected chi connectivity index (χ2v) is 7.22. The predicted octanol–water partition coefficient (Wildman–Crippen LogP) is 6.08. The predicted molar refractivity (Wildman–Crippen MR) is 111 cm³/mol. The largest absolute Gasteiger partial charge is 0.363 e. The molecular formula is C24H24N2. The van der Waals surface area contributed by atoms with Crippen LogP contribution in [0.5, 0.6) is 0 Å². The molecule has 0 spiro atoms. The van der Waals surface area contributed by atoms with E-state index >= 15 is 0 Å². The zero-order chi connectivity index (χ0) is 17.9. The van der Waals surface area contributed by atoms with Gasteiger partial charge in [0.15, 0.2) is 0 Å². The Balaban J connectivity index is 1.43. The third-order valence-electron chi connectivity index (χ3n) is 5.02. The summed E-state index contributed by atoms with van der Waals surface area (Å²) in [4.78, 5) is 7.02. The highest BCUT2D eigenvalue weighted by atomic mass is 15.1. The van der Waals surface area contributed by atoms with Crippen LogP contribution in [-0.4, -0.2) is 6.21 Å². The van der Waals surface area contributed by atoms with E-state index in [-0.39, 0.29) is 0 Å². The van der Waals surface area contributed by atoms with Crippen LogP contribution in [0.2, 0.25) is 0 Å². The highest BCUT2D eigenvalue weighted by Gasteiger charge is 2.18. The van der Waals surface area contributed by atoms with Gasteiger partial charge in [0.2, 0.25) is 0 Å². The molecule has 0 saturated heterocycles. The molecule has 2 nitrogen and oxygen atoms in total. The van der Waals surface area contributed by atoms with Crippen molar-refractivity contribution in [2.45, 2.75) is 32.9 Å². The van der Waals surface area contributed by atoms with E-state index in [4.69, 9.17) is 0 Å². The monoisotopic (exact) mass is 340 g/mol. The van der Waals surface area contributed by atoms with Gasteiger partial charge in [0, 0.05) is 25.0 Å². The van der Waals surface area contributed by atoms with Crippen LogP contribution in [0.25, 0.3) is 0 Å². The van der Waals surface area contributed by atoms with Gasteiger partial charge < -0.3 is 4.90 Å². The lowest BCUT2D eigenvalue weighted by atomic mass is 10.0. The molecule has 26 heavy (non-hydrogen) atoms. The first kappa shape index (κ1) is 16.6. The van der Waals surface area contributed by atoms with E-state index in [1.807, 2.05) is 6.21 Å². The SMILES string of the molecule is CC(C)c1ccc(C=Nc2ccc(N3Cc4ccccc4C3)cc2)cc1. The number of rotatable bonds is 4. The summed E-state index contributed by atoms with van der Waals surface area (Å²) in [6, 6.07) is 25.8. The first-order chi connectivity index (χ1) is 12.7. The molecule has 0 saturated carbocycles. The molecule has 0 aliphatic carbocycles. The molecule has 0 amide bonds. The third-order valence-corrected chi connectivity index (χ3v) is 5.02. The minimum absolute atomic E-state index is 0.560. The van der Waals surface area contributed by atoms with Crippen LogP contribution in [0.1, 0.15) is 42.0 Å². The minimum atomic E-state index is 0.560. The van der Waals surface area contributed by atoms with Crippen molar-refractivity contribution in [1.29, 1.82) is 0 Å². The van der Waals surface area contributed by atoms with Crippen LogP contribution < -0.4 is 4.90 Å². The van der Waals surface area contributed by atoms with Crippen molar-refractivity contribution in [3.63, 3.8) is 0 Å². The van der Waals surface area contributed by atoms with Gasteiger partial charge in [-0.05, 0) is 52.4 Å². The van der Waals surface area contributed by atoms with E-state index in [0.717, 1.165) is 24.3 Å². The summed E-state index contributed by atoms with van der Waals surface area (Å²) < 4.78 is 0. The van der Waals surface area contributed by atoms with Crippen molar-refractivity contribution in [1.82, 2.24) is 0 Å². The fraction of sp³-hybridized carbons (Fsp3) is 0.208. The average molecular weight is 340 g/mol. The Labute approximate surface area is 155 Å². The quantitative estimate of drug-likeness (QED) is 0.525. The topological polar surface area (TPSA) is 15.6 Å². The second-order valence-electron chi connectivity index (χ2n) is 7.22. The van der Waals surface area contributed by atoms with E-state index < -0.39 is 0 Å². The van der Waals surface area contributed by atoms with Gasteiger partial charge in [-0.2, -0.15) is 0 Å². The number of hydrogen-bond acceptors (Lipinski definition) is 2. The maximum atomic E-state index is 4.61. The van der Waals surface area contributed by atoms with Crippen LogP contribution in [0.15, 0.2) is 77.8 Å². The fourth-order valence-corrected chi connectivity index (χ4v) is 3.38. The van der Waals surface area contributed by atoms with Gasteiger partial charge in [0.25, 0.3) is 0 Å². The maximum absolute atomic E-state index is 4.61. The average Bonchev–Trinajstić information content (AvgIpc) is 3.11. The highest BCUT2D eigenvalue weighted by molar-refractivity contribution is 5.82. The lowest BCUT2D eigenvalue weighted by Gasteiger charge is -2.17. The lowest BCUT2D eigenvalue weighted by Crippen LogP contribution is -2.13. The Bertz CT molecular complexity index is 881. The number of benzene rings is 3. The smallest absolute Gasteiger partial charge is 0.0631 e. The second kappa shape index (κ2) is 7.17. The summed E-state index contributed by atoms with van der Waals surface area (Å²) in [5.74, 6) is 0.560. The zero-order valence-corrected chi connectivity index (χ0v) is 15.4. The van der Waals surface area contributed by atoms with Crippen LogP contribution in [0.4, 0.5) is 11.4 Å². The molecule has 4 rings (SSSR count). The molecule has 0 atom stereocenters. The molecule has 3 aromatic rings. The molecule has 0 unspecified atom stereocenters. The highest BCUT2D eigenvalue weighted by Crippen LogP contribution is 2.29. The van der Waals surface area contributed by atoms with Crippen molar-refractivity contribution in [2.24, 2.45) is 4.99 Å². The molecule has 1 aliphatic rings. The van der Waals surface area contributed by atoms with Crippen LogP contribution in [0.3, 0.4) is 0 Å².